The van der Waals surface area contributed by atoms with Gasteiger partial charge in [0.05, 0.1) is 10.9 Å². The first kappa shape index (κ1) is 10.9. The Balaban J connectivity index is 0.00000112. The number of aromatic nitrogens is 2. The monoisotopic (exact) mass is 208 g/mol. The van der Waals surface area contributed by atoms with E-state index < -0.39 is 11.5 Å². The van der Waals surface area contributed by atoms with Crippen LogP contribution in [0.2, 0.25) is 0 Å². The Morgan fingerprint density at radius 1 is 1.33 bits per heavy atom. The zero-order chi connectivity index (χ0) is 10.1. The van der Waals surface area contributed by atoms with E-state index in [2.05, 4.69) is 9.97 Å². The molecule has 1 aromatic heterocycles. The highest BCUT2D eigenvalue weighted by Gasteiger charge is 2.08. The Hall–Kier alpha value is -2.21. The molecule has 0 spiro atoms. The van der Waals surface area contributed by atoms with Crippen molar-refractivity contribution < 1.29 is 15.4 Å². The van der Waals surface area contributed by atoms with E-state index in [0.29, 0.717) is 10.9 Å². The van der Waals surface area contributed by atoms with Gasteiger partial charge in [-0.3, -0.25) is 4.79 Å². The lowest BCUT2D eigenvalue weighted by atomic mass is 10.2. The molecule has 0 radical (unpaired) electrons. The van der Waals surface area contributed by atoms with Crippen LogP contribution >= 0.6 is 0 Å². The summed E-state index contributed by atoms with van der Waals surface area (Å²) < 4.78 is 0. The molecular weight excluding hydrogens is 200 g/mol. The molecule has 15 heavy (non-hydrogen) atoms. The molecule has 0 bridgehead atoms. The fourth-order valence-electron chi connectivity index (χ4n) is 1.19. The van der Waals surface area contributed by atoms with Crippen molar-refractivity contribution in [3.63, 3.8) is 0 Å². The fourth-order valence-corrected chi connectivity index (χ4v) is 1.19. The lowest BCUT2D eigenvalue weighted by molar-refractivity contribution is 0.0683. The second-order valence-electron chi connectivity index (χ2n) is 2.74. The molecule has 0 saturated carbocycles. The number of rotatable bonds is 1. The van der Waals surface area contributed by atoms with Gasteiger partial charge in [-0.2, -0.15) is 0 Å². The van der Waals surface area contributed by atoms with Crippen molar-refractivity contribution in [1.82, 2.24) is 9.97 Å². The average Bonchev–Trinajstić information content (AvgIpc) is 2.17. The van der Waals surface area contributed by atoms with Gasteiger partial charge >= 0.3 is 5.97 Å². The number of fused-ring (bicyclic) bond motifs is 1. The molecule has 1 heterocycles. The summed E-state index contributed by atoms with van der Waals surface area (Å²) in [6, 6.07) is 6.57. The molecule has 0 amide bonds. The van der Waals surface area contributed by atoms with Crippen molar-refractivity contribution in [3.05, 3.63) is 40.4 Å². The highest BCUT2D eigenvalue weighted by atomic mass is 16.4. The number of aromatic amines is 1. The zero-order valence-electron chi connectivity index (χ0n) is 7.52. The van der Waals surface area contributed by atoms with Crippen molar-refractivity contribution in [2.24, 2.45) is 0 Å². The van der Waals surface area contributed by atoms with E-state index in [-0.39, 0.29) is 11.3 Å². The molecule has 0 fully saturated rings. The van der Waals surface area contributed by atoms with Crippen molar-refractivity contribution >= 4 is 16.9 Å². The second-order valence-corrected chi connectivity index (χ2v) is 2.74. The third kappa shape index (κ3) is 1.84. The number of carbonyl (C=O) groups is 1. The van der Waals surface area contributed by atoms with Gasteiger partial charge in [-0.05, 0) is 12.1 Å². The number of carboxylic acids is 1. The fraction of sp³-hybridized carbons (Fsp3) is 0. The van der Waals surface area contributed by atoms with E-state index in [4.69, 9.17) is 5.11 Å². The smallest absolute Gasteiger partial charge is 0.372 e. The van der Waals surface area contributed by atoms with Crippen molar-refractivity contribution in [1.29, 1.82) is 0 Å². The Morgan fingerprint density at radius 2 is 2.00 bits per heavy atom. The molecule has 6 nitrogen and oxygen atoms in total. The third-order valence-corrected chi connectivity index (χ3v) is 1.82. The number of para-hydroxylation sites is 1. The van der Waals surface area contributed by atoms with Gasteiger partial charge in [0.1, 0.15) is 0 Å². The molecule has 0 aliphatic rings. The largest absolute Gasteiger partial charge is 0.475 e. The molecule has 78 valence electrons. The van der Waals surface area contributed by atoms with Gasteiger partial charge in [0, 0.05) is 0 Å². The summed E-state index contributed by atoms with van der Waals surface area (Å²) in [7, 11) is 0. The maximum atomic E-state index is 11.3. The minimum absolute atomic E-state index is 0. The quantitative estimate of drug-likeness (QED) is 0.674. The summed E-state index contributed by atoms with van der Waals surface area (Å²) in [6.07, 6.45) is 0. The Kier molecular flexibility index (Phi) is 2.82. The lowest BCUT2D eigenvalue weighted by Crippen LogP contribution is -2.15. The van der Waals surface area contributed by atoms with Crippen LogP contribution in [-0.4, -0.2) is 26.5 Å². The third-order valence-electron chi connectivity index (χ3n) is 1.82. The van der Waals surface area contributed by atoms with Crippen LogP contribution in [-0.2, 0) is 0 Å². The summed E-state index contributed by atoms with van der Waals surface area (Å²) in [4.78, 5) is 27.9. The van der Waals surface area contributed by atoms with Gasteiger partial charge < -0.3 is 15.6 Å². The first-order chi connectivity index (χ1) is 6.68. The number of hydrogen-bond donors (Lipinski definition) is 2. The summed E-state index contributed by atoms with van der Waals surface area (Å²) in [5, 5.41) is 9.02. The first-order valence-electron chi connectivity index (χ1n) is 3.91. The molecule has 0 atom stereocenters. The van der Waals surface area contributed by atoms with Crippen molar-refractivity contribution in [2.45, 2.75) is 0 Å². The van der Waals surface area contributed by atoms with E-state index in [1.807, 2.05) is 0 Å². The van der Waals surface area contributed by atoms with Crippen molar-refractivity contribution in [3.8, 4) is 0 Å². The van der Waals surface area contributed by atoms with Gasteiger partial charge in [0.25, 0.3) is 5.56 Å². The highest BCUT2D eigenvalue weighted by molar-refractivity contribution is 5.86. The Labute approximate surface area is 83.5 Å². The number of nitrogens with one attached hydrogen (secondary N) is 1. The number of hydrogen-bond acceptors (Lipinski definition) is 3. The van der Waals surface area contributed by atoms with Gasteiger partial charge in [0.2, 0.25) is 5.82 Å². The van der Waals surface area contributed by atoms with E-state index in [1.54, 1.807) is 24.3 Å². The normalized spacial score (nSPS) is 9.60. The van der Waals surface area contributed by atoms with Crippen LogP contribution in [0.5, 0.6) is 0 Å². The summed E-state index contributed by atoms with van der Waals surface area (Å²) in [5.74, 6) is -1.58. The predicted molar refractivity (Wildman–Crippen MR) is 52.9 cm³/mol. The Morgan fingerprint density at radius 3 is 2.67 bits per heavy atom. The number of nitrogens with zero attached hydrogens (tertiary/aromatic N) is 1. The van der Waals surface area contributed by atoms with Gasteiger partial charge in [-0.25, -0.2) is 9.78 Å². The number of benzene rings is 1. The van der Waals surface area contributed by atoms with Crippen LogP contribution in [0.1, 0.15) is 10.6 Å². The molecule has 6 heteroatoms. The van der Waals surface area contributed by atoms with E-state index in [1.165, 1.54) is 0 Å². The van der Waals surface area contributed by atoms with Crippen LogP contribution in [0.4, 0.5) is 0 Å². The van der Waals surface area contributed by atoms with Gasteiger partial charge in [-0.1, -0.05) is 12.1 Å². The second kappa shape index (κ2) is 3.89. The van der Waals surface area contributed by atoms with Crippen molar-refractivity contribution in [2.75, 3.05) is 0 Å². The molecule has 0 aliphatic carbocycles. The van der Waals surface area contributed by atoms with E-state index in [9.17, 15) is 9.59 Å². The van der Waals surface area contributed by atoms with Gasteiger partial charge in [0.15, 0.2) is 0 Å². The molecular formula is C9H8N2O4. The minimum atomic E-state index is -1.24. The molecule has 2 aromatic rings. The lowest BCUT2D eigenvalue weighted by Gasteiger charge is -1.97. The van der Waals surface area contributed by atoms with Gasteiger partial charge in [-0.15, -0.1) is 0 Å². The van der Waals surface area contributed by atoms with Crippen LogP contribution in [0.25, 0.3) is 10.9 Å². The van der Waals surface area contributed by atoms with Crippen LogP contribution in [0.15, 0.2) is 29.1 Å². The molecule has 0 aliphatic heterocycles. The zero-order valence-corrected chi connectivity index (χ0v) is 7.52. The average molecular weight is 208 g/mol. The number of aromatic carboxylic acids is 1. The standard InChI is InChI=1S/C9H6N2O3.H2O/c12-8-5-3-1-2-4-6(5)10-7(11-8)9(13)14;/h1-4H,(H,13,14)(H,10,11,12);1H2. The van der Waals surface area contributed by atoms with Crippen LogP contribution in [0, 0.1) is 0 Å². The maximum absolute atomic E-state index is 11.3. The first-order valence-corrected chi connectivity index (χ1v) is 3.91. The van der Waals surface area contributed by atoms with E-state index >= 15 is 0 Å². The van der Waals surface area contributed by atoms with Crippen LogP contribution < -0.4 is 5.56 Å². The molecule has 1 aromatic carbocycles. The SMILES string of the molecule is O.O=C(O)c1nc2ccccc2c(=O)[nH]1. The summed E-state index contributed by atoms with van der Waals surface area (Å²) in [6.45, 7) is 0. The summed E-state index contributed by atoms with van der Waals surface area (Å²) >= 11 is 0. The molecule has 4 N–H and O–H groups in total. The number of H-pyrrole nitrogens is 1. The predicted octanol–water partition coefficient (Wildman–Crippen LogP) is -0.203. The molecule has 0 unspecified atom stereocenters. The molecule has 0 saturated heterocycles. The maximum Gasteiger partial charge on any atom is 0.372 e. The highest BCUT2D eigenvalue weighted by Crippen LogP contribution is 2.05. The van der Waals surface area contributed by atoms with Crippen LogP contribution in [0.3, 0.4) is 0 Å². The topological polar surface area (TPSA) is 115 Å². The summed E-state index contributed by atoms with van der Waals surface area (Å²) in [5.41, 5.74) is -0.0540. The van der Waals surface area contributed by atoms with E-state index in [0.717, 1.165) is 0 Å². The Bertz CT molecular complexity index is 561. The number of carboxylic acid groups (broad SMARTS) is 1. The molecule has 2 rings (SSSR count). The minimum Gasteiger partial charge on any atom is -0.475 e.